The van der Waals surface area contributed by atoms with Crippen molar-refractivity contribution in [3.8, 4) is 0 Å². The van der Waals surface area contributed by atoms with Gasteiger partial charge in [0.1, 0.15) is 5.52 Å². The molecule has 1 fully saturated rings. The number of carbonyl (C=O) groups excluding carboxylic acids is 2. The quantitative estimate of drug-likeness (QED) is 0.150. The number of piperidine rings is 1. The Morgan fingerprint density at radius 3 is 2.82 bits per heavy atom. The molecular weight excluding hydrogens is 510 g/mol. The molecule has 8 nitrogen and oxygen atoms in total. The van der Waals surface area contributed by atoms with Crippen LogP contribution in [-0.4, -0.2) is 62.0 Å². The number of rotatable bonds is 10. The van der Waals surface area contributed by atoms with Gasteiger partial charge < -0.3 is 14.2 Å². The standard InChI is InChI=1S/C30H35N5O3S/c1-3-38-29(37)23-12-9-16-34(20-23)26(36)15-6-7-17-39-30-31-28-27(32-33-30)24-13-4-5-14-25(24)35(28)19-22-11-8-10-21(2)18-22/h4-5,8,10-11,13-14,18,23H,3,6-7,9,12,15-17,19-20H2,1-2H3. The fourth-order valence-electron chi connectivity index (χ4n) is 5.26. The smallest absolute Gasteiger partial charge is 0.310 e. The molecule has 9 heteroatoms. The Balaban J connectivity index is 1.19. The Hall–Kier alpha value is -3.46. The van der Waals surface area contributed by atoms with Crippen LogP contribution in [0.3, 0.4) is 0 Å². The number of aromatic nitrogens is 4. The van der Waals surface area contributed by atoms with Crippen LogP contribution in [0.1, 0.15) is 50.2 Å². The second-order valence-corrected chi connectivity index (χ2v) is 11.2. The van der Waals surface area contributed by atoms with Gasteiger partial charge in [0, 0.05) is 37.2 Å². The van der Waals surface area contributed by atoms with Crippen molar-refractivity contribution in [3.63, 3.8) is 0 Å². The number of ether oxygens (including phenoxy) is 1. The van der Waals surface area contributed by atoms with Crippen LogP contribution in [0, 0.1) is 12.8 Å². The molecule has 2 aromatic heterocycles. The molecule has 5 rings (SSSR count). The van der Waals surface area contributed by atoms with Gasteiger partial charge in [-0.1, -0.05) is 59.8 Å². The molecule has 0 bridgehead atoms. The van der Waals surface area contributed by atoms with Crippen LogP contribution < -0.4 is 0 Å². The number of aryl methyl sites for hydroxylation is 1. The highest BCUT2D eigenvalue weighted by molar-refractivity contribution is 7.99. The lowest BCUT2D eigenvalue weighted by Crippen LogP contribution is -2.42. The molecule has 1 amide bonds. The fourth-order valence-corrected chi connectivity index (χ4v) is 6.04. The van der Waals surface area contributed by atoms with Gasteiger partial charge in [-0.2, -0.15) is 0 Å². The minimum atomic E-state index is -0.195. The first-order valence-electron chi connectivity index (χ1n) is 13.8. The summed E-state index contributed by atoms with van der Waals surface area (Å²) in [5.74, 6) is 0.549. The van der Waals surface area contributed by atoms with E-state index in [1.54, 1.807) is 11.8 Å². The normalized spacial score (nSPS) is 15.6. The van der Waals surface area contributed by atoms with Gasteiger partial charge in [-0.3, -0.25) is 9.59 Å². The molecule has 0 spiro atoms. The summed E-state index contributed by atoms with van der Waals surface area (Å²) in [4.78, 5) is 31.5. The van der Waals surface area contributed by atoms with Gasteiger partial charge in [0.15, 0.2) is 5.65 Å². The molecule has 0 radical (unpaired) electrons. The number of thioether (sulfide) groups is 1. The molecular formula is C30H35N5O3S. The van der Waals surface area contributed by atoms with Crippen molar-refractivity contribution in [1.82, 2.24) is 24.6 Å². The van der Waals surface area contributed by atoms with E-state index in [0.29, 0.717) is 31.3 Å². The van der Waals surface area contributed by atoms with Crippen LogP contribution in [0.5, 0.6) is 0 Å². The number of fused-ring (bicyclic) bond motifs is 3. The Morgan fingerprint density at radius 1 is 1.10 bits per heavy atom. The molecule has 1 saturated heterocycles. The minimum absolute atomic E-state index is 0.119. The van der Waals surface area contributed by atoms with E-state index in [4.69, 9.17) is 9.72 Å². The second kappa shape index (κ2) is 12.6. The maximum Gasteiger partial charge on any atom is 0.310 e. The zero-order valence-corrected chi connectivity index (χ0v) is 23.5. The van der Waals surface area contributed by atoms with E-state index in [-0.39, 0.29) is 17.8 Å². The van der Waals surface area contributed by atoms with Crippen LogP contribution in [0.4, 0.5) is 0 Å². The Labute approximate surface area is 233 Å². The van der Waals surface area contributed by atoms with Crippen molar-refractivity contribution in [2.45, 2.75) is 57.7 Å². The molecule has 1 unspecified atom stereocenters. The van der Waals surface area contributed by atoms with Gasteiger partial charge >= 0.3 is 5.97 Å². The van der Waals surface area contributed by atoms with E-state index < -0.39 is 0 Å². The van der Waals surface area contributed by atoms with E-state index in [1.165, 1.54) is 11.1 Å². The molecule has 0 aliphatic carbocycles. The Kier molecular flexibility index (Phi) is 8.76. The first-order chi connectivity index (χ1) is 19.0. The number of carbonyl (C=O) groups is 2. The molecule has 0 N–H and O–H groups in total. The van der Waals surface area contributed by atoms with Gasteiger partial charge in [0.2, 0.25) is 11.1 Å². The van der Waals surface area contributed by atoms with E-state index in [1.807, 2.05) is 24.0 Å². The summed E-state index contributed by atoms with van der Waals surface area (Å²) in [5, 5.41) is 10.7. The number of hydrogen-bond donors (Lipinski definition) is 0. The van der Waals surface area contributed by atoms with Gasteiger partial charge in [0.05, 0.1) is 18.0 Å². The van der Waals surface area contributed by atoms with Crippen LogP contribution >= 0.6 is 11.8 Å². The van der Waals surface area contributed by atoms with Gasteiger partial charge in [-0.15, -0.1) is 10.2 Å². The summed E-state index contributed by atoms with van der Waals surface area (Å²) in [6.45, 7) is 6.20. The van der Waals surface area contributed by atoms with Gasteiger partial charge in [-0.25, -0.2) is 4.98 Å². The van der Waals surface area contributed by atoms with Crippen LogP contribution in [0.15, 0.2) is 53.7 Å². The summed E-state index contributed by atoms with van der Waals surface area (Å²) in [7, 11) is 0. The number of likely N-dealkylation sites (tertiary alicyclic amines) is 1. The zero-order valence-electron chi connectivity index (χ0n) is 22.6. The first-order valence-corrected chi connectivity index (χ1v) is 14.8. The maximum absolute atomic E-state index is 12.7. The topological polar surface area (TPSA) is 90.2 Å². The molecule has 1 aliphatic heterocycles. The number of esters is 1. The van der Waals surface area contributed by atoms with Crippen LogP contribution in [0.2, 0.25) is 0 Å². The summed E-state index contributed by atoms with van der Waals surface area (Å²) in [6.07, 6.45) is 3.79. The monoisotopic (exact) mass is 545 g/mol. The fraction of sp³-hybridized carbons (Fsp3) is 0.433. The zero-order chi connectivity index (χ0) is 27.2. The number of hydrogen-bond acceptors (Lipinski definition) is 7. The highest BCUT2D eigenvalue weighted by Gasteiger charge is 2.29. The lowest BCUT2D eigenvalue weighted by Gasteiger charge is -2.31. The third-order valence-corrected chi connectivity index (χ3v) is 8.11. The maximum atomic E-state index is 12.7. The Bertz CT molecular complexity index is 1470. The molecule has 4 aromatic rings. The van der Waals surface area contributed by atoms with Crippen molar-refractivity contribution in [2.75, 3.05) is 25.4 Å². The molecule has 3 heterocycles. The SMILES string of the molecule is CCOC(=O)C1CCCN(C(=O)CCCCSc2nnc3c4ccccc4n(Cc4cccc(C)c4)c3n2)C1. The lowest BCUT2D eigenvalue weighted by molar-refractivity contribution is -0.151. The van der Waals surface area contributed by atoms with Crippen molar-refractivity contribution in [2.24, 2.45) is 5.92 Å². The molecule has 39 heavy (non-hydrogen) atoms. The highest BCUT2D eigenvalue weighted by atomic mass is 32.2. The number of unbranched alkanes of at least 4 members (excludes halogenated alkanes) is 1. The second-order valence-electron chi connectivity index (χ2n) is 10.1. The summed E-state index contributed by atoms with van der Waals surface area (Å²) < 4.78 is 7.37. The van der Waals surface area contributed by atoms with Crippen molar-refractivity contribution < 1.29 is 14.3 Å². The third-order valence-electron chi connectivity index (χ3n) is 7.19. The summed E-state index contributed by atoms with van der Waals surface area (Å²) >= 11 is 1.58. The van der Waals surface area contributed by atoms with Gasteiger partial charge in [-0.05, 0) is 51.2 Å². The number of amides is 1. The van der Waals surface area contributed by atoms with E-state index in [2.05, 4.69) is 58.1 Å². The summed E-state index contributed by atoms with van der Waals surface area (Å²) in [6, 6.07) is 16.8. The van der Waals surface area contributed by atoms with Crippen molar-refractivity contribution in [1.29, 1.82) is 0 Å². The van der Waals surface area contributed by atoms with Crippen molar-refractivity contribution in [3.05, 3.63) is 59.7 Å². The first kappa shape index (κ1) is 27.1. The third kappa shape index (κ3) is 6.41. The van der Waals surface area contributed by atoms with E-state index in [9.17, 15) is 9.59 Å². The van der Waals surface area contributed by atoms with Gasteiger partial charge in [0.25, 0.3) is 0 Å². The van der Waals surface area contributed by atoms with E-state index >= 15 is 0 Å². The van der Waals surface area contributed by atoms with E-state index in [0.717, 1.165) is 60.0 Å². The largest absolute Gasteiger partial charge is 0.466 e. The summed E-state index contributed by atoms with van der Waals surface area (Å²) in [5.41, 5.74) is 5.20. The average Bonchev–Trinajstić information content (AvgIpc) is 3.25. The number of benzene rings is 2. The van der Waals surface area contributed by atoms with Crippen LogP contribution in [-0.2, 0) is 20.9 Å². The van der Waals surface area contributed by atoms with Crippen molar-refractivity contribution >= 4 is 45.7 Å². The number of para-hydroxylation sites is 1. The Morgan fingerprint density at radius 2 is 1.97 bits per heavy atom. The minimum Gasteiger partial charge on any atom is -0.466 e. The molecule has 1 aliphatic rings. The molecule has 204 valence electrons. The molecule has 0 saturated carbocycles. The average molecular weight is 546 g/mol. The lowest BCUT2D eigenvalue weighted by atomic mass is 9.98. The molecule has 2 aromatic carbocycles. The highest BCUT2D eigenvalue weighted by Crippen LogP contribution is 2.28. The predicted molar refractivity (Wildman–Crippen MR) is 154 cm³/mol. The predicted octanol–water partition coefficient (Wildman–Crippen LogP) is 5.40. The number of nitrogens with zero attached hydrogens (tertiary/aromatic N) is 5. The molecule has 1 atom stereocenters. The van der Waals surface area contributed by atoms with Crippen LogP contribution in [0.25, 0.3) is 22.1 Å².